The maximum atomic E-state index is 5.59. The van der Waals surface area contributed by atoms with Crippen molar-refractivity contribution >= 4 is 5.69 Å². The van der Waals surface area contributed by atoms with Gasteiger partial charge in [0.1, 0.15) is 0 Å². The van der Waals surface area contributed by atoms with Gasteiger partial charge in [0.2, 0.25) is 0 Å². The third-order valence-corrected chi connectivity index (χ3v) is 3.24. The molecule has 0 radical (unpaired) electrons. The number of anilines is 1. The first-order valence-electron chi connectivity index (χ1n) is 5.66. The van der Waals surface area contributed by atoms with E-state index in [0.29, 0.717) is 5.92 Å². The molecular formula is C13H19NO. The van der Waals surface area contributed by atoms with Gasteiger partial charge in [0.25, 0.3) is 0 Å². The number of hydrogen-bond donors (Lipinski definition) is 1. The number of ether oxygens (including phenoxy) is 1. The summed E-state index contributed by atoms with van der Waals surface area (Å²) in [5.41, 5.74) is 4.00. The Bertz CT molecular complexity index is 348. The highest BCUT2D eigenvalue weighted by molar-refractivity contribution is 5.60. The number of methoxy groups -OCH3 is 1. The first-order valence-corrected chi connectivity index (χ1v) is 5.66. The molecule has 1 aliphatic rings. The topological polar surface area (TPSA) is 21.3 Å². The highest BCUT2D eigenvalue weighted by Crippen LogP contribution is 2.37. The number of para-hydroxylation sites is 1. The fourth-order valence-electron chi connectivity index (χ4n) is 2.40. The van der Waals surface area contributed by atoms with Crippen LogP contribution in [0.4, 0.5) is 5.69 Å². The second kappa shape index (κ2) is 4.23. The molecule has 15 heavy (non-hydrogen) atoms. The van der Waals surface area contributed by atoms with E-state index in [1.165, 1.54) is 16.8 Å². The lowest BCUT2D eigenvalue weighted by Gasteiger charge is -2.32. The lowest BCUT2D eigenvalue weighted by atomic mass is 9.89. The Kier molecular flexibility index (Phi) is 2.96. The number of benzene rings is 1. The molecule has 2 nitrogen and oxygen atoms in total. The standard InChI is InChI=1S/C13H19NO/c1-4-10-6-5-7-11-12(10)14-8-9(2)13(11)15-3/h5-7,9,13-14H,4,8H2,1-3H3. The molecule has 1 aliphatic heterocycles. The third-order valence-electron chi connectivity index (χ3n) is 3.24. The predicted octanol–water partition coefficient (Wildman–Crippen LogP) is 3.00. The van der Waals surface area contributed by atoms with Crippen molar-refractivity contribution in [2.75, 3.05) is 19.0 Å². The highest BCUT2D eigenvalue weighted by Gasteiger charge is 2.27. The third kappa shape index (κ3) is 1.74. The molecule has 1 heterocycles. The second-order valence-corrected chi connectivity index (χ2v) is 4.25. The van der Waals surface area contributed by atoms with Gasteiger partial charge in [-0.3, -0.25) is 0 Å². The van der Waals surface area contributed by atoms with E-state index in [9.17, 15) is 0 Å². The fraction of sp³-hybridized carbons (Fsp3) is 0.538. The van der Waals surface area contributed by atoms with Crippen LogP contribution in [0.25, 0.3) is 0 Å². The van der Waals surface area contributed by atoms with Gasteiger partial charge >= 0.3 is 0 Å². The van der Waals surface area contributed by atoms with Crippen molar-refractivity contribution < 1.29 is 4.74 Å². The van der Waals surface area contributed by atoms with E-state index in [2.05, 4.69) is 37.4 Å². The molecule has 0 fully saturated rings. The van der Waals surface area contributed by atoms with Gasteiger partial charge in [0.05, 0.1) is 6.10 Å². The Morgan fingerprint density at radius 3 is 2.93 bits per heavy atom. The highest BCUT2D eigenvalue weighted by atomic mass is 16.5. The van der Waals surface area contributed by atoms with Crippen LogP contribution < -0.4 is 5.32 Å². The summed E-state index contributed by atoms with van der Waals surface area (Å²) in [6.45, 7) is 5.42. The van der Waals surface area contributed by atoms with Crippen molar-refractivity contribution in [3.8, 4) is 0 Å². The number of aryl methyl sites for hydroxylation is 1. The molecule has 2 heteroatoms. The van der Waals surface area contributed by atoms with Crippen LogP contribution in [0.15, 0.2) is 18.2 Å². The van der Waals surface area contributed by atoms with E-state index in [4.69, 9.17) is 4.74 Å². The van der Waals surface area contributed by atoms with Crippen LogP contribution in [0.1, 0.15) is 31.1 Å². The van der Waals surface area contributed by atoms with Gasteiger partial charge in [-0.25, -0.2) is 0 Å². The summed E-state index contributed by atoms with van der Waals surface area (Å²) in [6, 6.07) is 6.49. The minimum absolute atomic E-state index is 0.243. The normalized spacial score (nSPS) is 24.5. The van der Waals surface area contributed by atoms with E-state index >= 15 is 0 Å². The van der Waals surface area contributed by atoms with Crippen molar-refractivity contribution in [3.63, 3.8) is 0 Å². The van der Waals surface area contributed by atoms with Crippen LogP contribution in [-0.4, -0.2) is 13.7 Å². The quantitative estimate of drug-likeness (QED) is 0.801. The van der Waals surface area contributed by atoms with E-state index in [-0.39, 0.29) is 6.10 Å². The van der Waals surface area contributed by atoms with E-state index in [1.807, 2.05) is 0 Å². The second-order valence-electron chi connectivity index (χ2n) is 4.25. The zero-order valence-corrected chi connectivity index (χ0v) is 9.71. The van der Waals surface area contributed by atoms with Gasteiger partial charge < -0.3 is 10.1 Å². The first kappa shape index (κ1) is 10.5. The van der Waals surface area contributed by atoms with Crippen molar-refractivity contribution in [3.05, 3.63) is 29.3 Å². The minimum atomic E-state index is 0.243. The summed E-state index contributed by atoms with van der Waals surface area (Å²) in [7, 11) is 1.80. The molecule has 0 saturated heterocycles. The number of fused-ring (bicyclic) bond motifs is 1. The van der Waals surface area contributed by atoms with E-state index < -0.39 is 0 Å². The fourth-order valence-corrected chi connectivity index (χ4v) is 2.40. The van der Waals surface area contributed by atoms with Gasteiger partial charge in [0, 0.05) is 30.8 Å². The van der Waals surface area contributed by atoms with E-state index in [1.54, 1.807) is 7.11 Å². The largest absolute Gasteiger partial charge is 0.384 e. The summed E-state index contributed by atoms with van der Waals surface area (Å²) in [4.78, 5) is 0. The van der Waals surface area contributed by atoms with Crippen LogP contribution in [-0.2, 0) is 11.2 Å². The van der Waals surface area contributed by atoms with Crippen LogP contribution in [0.2, 0.25) is 0 Å². The summed E-state index contributed by atoms with van der Waals surface area (Å²) < 4.78 is 5.59. The van der Waals surface area contributed by atoms with Crippen molar-refractivity contribution in [2.45, 2.75) is 26.4 Å². The first-order chi connectivity index (χ1) is 7.27. The van der Waals surface area contributed by atoms with Crippen molar-refractivity contribution in [1.82, 2.24) is 0 Å². The molecule has 0 aliphatic carbocycles. The molecule has 0 amide bonds. The van der Waals surface area contributed by atoms with Crippen LogP contribution in [0.3, 0.4) is 0 Å². The van der Waals surface area contributed by atoms with Gasteiger partial charge in [0.15, 0.2) is 0 Å². The van der Waals surface area contributed by atoms with Crippen LogP contribution >= 0.6 is 0 Å². The molecule has 0 aromatic heterocycles. The monoisotopic (exact) mass is 205 g/mol. The molecule has 1 aromatic rings. The Morgan fingerprint density at radius 1 is 1.47 bits per heavy atom. The number of nitrogens with one attached hydrogen (secondary N) is 1. The number of hydrogen-bond acceptors (Lipinski definition) is 2. The molecule has 0 spiro atoms. The average molecular weight is 205 g/mol. The van der Waals surface area contributed by atoms with Gasteiger partial charge in [-0.05, 0) is 12.0 Å². The zero-order chi connectivity index (χ0) is 10.8. The molecule has 2 rings (SSSR count). The Balaban J connectivity index is 2.45. The SMILES string of the molecule is CCc1cccc2c1NCC(C)C2OC. The summed E-state index contributed by atoms with van der Waals surface area (Å²) in [5, 5.41) is 3.52. The van der Waals surface area contributed by atoms with Gasteiger partial charge in [-0.15, -0.1) is 0 Å². The minimum Gasteiger partial charge on any atom is -0.384 e. The Labute approximate surface area is 91.6 Å². The lowest BCUT2D eigenvalue weighted by Crippen LogP contribution is -2.27. The van der Waals surface area contributed by atoms with Crippen molar-refractivity contribution in [1.29, 1.82) is 0 Å². The molecule has 2 unspecified atom stereocenters. The van der Waals surface area contributed by atoms with Gasteiger partial charge in [-0.1, -0.05) is 32.0 Å². The maximum Gasteiger partial charge on any atom is 0.0883 e. The molecule has 0 saturated carbocycles. The zero-order valence-electron chi connectivity index (χ0n) is 9.71. The van der Waals surface area contributed by atoms with Crippen LogP contribution in [0.5, 0.6) is 0 Å². The van der Waals surface area contributed by atoms with Crippen molar-refractivity contribution in [2.24, 2.45) is 5.92 Å². The average Bonchev–Trinajstić information content (AvgIpc) is 2.28. The van der Waals surface area contributed by atoms with Crippen LogP contribution in [0, 0.1) is 5.92 Å². The lowest BCUT2D eigenvalue weighted by molar-refractivity contribution is 0.0595. The smallest absolute Gasteiger partial charge is 0.0883 e. The summed E-state index contributed by atoms with van der Waals surface area (Å²) in [5.74, 6) is 0.537. The molecule has 2 atom stereocenters. The summed E-state index contributed by atoms with van der Waals surface area (Å²) in [6.07, 6.45) is 1.31. The molecule has 82 valence electrons. The molecule has 1 N–H and O–H groups in total. The van der Waals surface area contributed by atoms with E-state index in [0.717, 1.165) is 13.0 Å². The number of rotatable bonds is 2. The Morgan fingerprint density at radius 2 is 2.27 bits per heavy atom. The Hall–Kier alpha value is -1.02. The maximum absolute atomic E-state index is 5.59. The predicted molar refractivity (Wildman–Crippen MR) is 63.2 cm³/mol. The molecular weight excluding hydrogens is 186 g/mol. The summed E-state index contributed by atoms with van der Waals surface area (Å²) >= 11 is 0. The van der Waals surface area contributed by atoms with Gasteiger partial charge in [-0.2, -0.15) is 0 Å². The molecule has 1 aromatic carbocycles. The molecule has 0 bridgehead atoms.